The van der Waals surface area contributed by atoms with Crippen LogP contribution in [0.25, 0.3) is 0 Å². The van der Waals surface area contributed by atoms with Crippen LogP contribution in [0.5, 0.6) is 0 Å². The molecule has 1 nitrogen and oxygen atoms in total. The molecule has 0 amide bonds. The third-order valence-electron chi connectivity index (χ3n) is 2.79. The first-order chi connectivity index (χ1) is 7.78. The molecule has 0 bridgehead atoms. The van der Waals surface area contributed by atoms with Gasteiger partial charge in [-0.3, -0.25) is 0 Å². The monoisotopic (exact) mass is 211 g/mol. The van der Waals surface area contributed by atoms with Gasteiger partial charge in [0.1, 0.15) is 0 Å². The van der Waals surface area contributed by atoms with Gasteiger partial charge in [-0.25, -0.2) is 0 Å². The molecule has 0 aromatic heterocycles. The van der Waals surface area contributed by atoms with E-state index in [1.54, 1.807) is 0 Å². The maximum Gasteiger partial charge on any atom is 0.0316 e. The van der Waals surface area contributed by atoms with Crippen LogP contribution in [0, 0.1) is 0 Å². The molecule has 2 rings (SSSR count). The van der Waals surface area contributed by atoms with Crippen molar-refractivity contribution in [3.05, 3.63) is 65.2 Å². The molecular formula is C15H17N. The Hall–Kier alpha value is -1.76. The third kappa shape index (κ3) is 2.63. The molecule has 2 aromatic carbocycles. The van der Waals surface area contributed by atoms with E-state index in [4.69, 9.17) is 5.73 Å². The van der Waals surface area contributed by atoms with Crippen molar-refractivity contribution in [2.24, 2.45) is 0 Å². The van der Waals surface area contributed by atoms with E-state index in [1.807, 2.05) is 18.2 Å². The molecule has 0 unspecified atom stereocenters. The molecule has 0 aliphatic heterocycles. The fraction of sp³-hybridized carbons (Fsp3) is 0.200. The first kappa shape index (κ1) is 10.7. The second-order valence-corrected chi connectivity index (χ2v) is 4.09. The summed E-state index contributed by atoms with van der Waals surface area (Å²) in [6, 6.07) is 16.9. The van der Waals surface area contributed by atoms with E-state index in [-0.39, 0.29) is 0 Å². The third-order valence-corrected chi connectivity index (χ3v) is 2.79. The summed E-state index contributed by atoms with van der Waals surface area (Å²) in [7, 11) is 0. The van der Waals surface area contributed by atoms with Gasteiger partial charge in [-0.15, -0.1) is 0 Å². The van der Waals surface area contributed by atoms with Crippen LogP contribution in [0.15, 0.2) is 48.5 Å². The highest BCUT2D eigenvalue weighted by Crippen LogP contribution is 2.13. The summed E-state index contributed by atoms with van der Waals surface area (Å²) < 4.78 is 0. The van der Waals surface area contributed by atoms with E-state index in [0.29, 0.717) is 0 Å². The topological polar surface area (TPSA) is 26.0 Å². The molecule has 0 heterocycles. The van der Waals surface area contributed by atoms with Crippen LogP contribution in [-0.4, -0.2) is 0 Å². The zero-order valence-corrected chi connectivity index (χ0v) is 9.61. The van der Waals surface area contributed by atoms with Crippen molar-refractivity contribution in [3.63, 3.8) is 0 Å². The van der Waals surface area contributed by atoms with Crippen molar-refractivity contribution < 1.29 is 0 Å². The molecule has 0 atom stereocenters. The highest BCUT2D eigenvalue weighted by molar-refractivity contribution is 5.42. The van der Waals surface area contributed by atoms with Gasteiger partial charge in [-0.2, -0.15) is 0 Å². The van der Waals surface area contributed by atoms with Gasteiger partial charge in [-0.1, -0.05) is 43.3 Å². The van der Waals surface area contributed by atoms with E-state index in [9.17, 15) is 0 Å². The fourth-order valence-electron chi connectivity index (χ4n) is 1.83. The predicted molar refractivity (Wildman–Crippen MR) is 69.5 cm³/mol. The van der Waals surface area contributed by atoms with Gasteiger partial charge >= 0.3 is 0 Å². The van der Waals surface area contributed by atoms with E-state index >= 15 is 0 Å². The fourth-order valence-corrected chi connectivity index (χ4v) is 1.83. The molecule has 0 saturated carbocycles. The number of anilines is 1. The lowest BCUT2D eigenvalue weighted by Gasteiger charge is -2.04. The van der Waals surface area contributed by atoms with Gasteiger partial charge in [-0.05, 0) is 41.7 Å². The lowest BCUT2D eigenvalue weighted by Crippen LogP contribution is -1.91. The quantitative estimate of drug-likeness (QED) is 0.773. The first-order valence-electron chi connectivity index (χ1n) is 5.70. The minimum absolute atomic E-state index is 0.836. The standard InChI is InChI=1S/C15H17N/c1-2-12-6-8-13(9-7-12)10-14-4-3-5-15(16)11-14/h3-9,11H,2,10,16H2,1H3. The van der Waals surface area contributed by atoms with Crippen molar-refractivity contribution in [3.8, 4) is 0 Å². The zero-order valence-electron chi connectivity index (χ0n) is 9.61. The van der Waals surface area contributed by atoms with Crippen LogP contribution >= 0.6 is 0 Å². The van der Waals surface area contributed by atoms with Gasteiger partial charge < -0.3 is 5.73 Å². The van der Waals surface area contributed by atoms with Crippen LogP contribution < -0.4 is 5.73 Å². The number of aryl methyl sites for hydroxylation is 1. The van der Waals surface area contributed by atoms with Crippen molar-refractivity contribution in [1.29, 1.82) is 0 Å². The number of nitrogen functional groups attached to an aromatic ring is 1. The maximum atomic E-state index is 5.76. The second kappa shape index (κ2) is 4.84. The number of benzene rings is 2. The average molecular weight is 211 g/mol. The lowest BCUT2D eigenvalue weighted by atomic mass is 10.0. The first-order valence-corrected chi connectivity index (χ1v) is 5.70. The molecule has 0 fully saturated rings. The summed E-state index contributed by atoms with van der Waals surface area (Å²) >= 11 is 0. The normalized spacial score (nSPS) is 10.3. The predicted octanol–water partition coefficient (Wildman–Crippen LogP) is 3.42. The molecule has 0 spiro atoms. The number of nitrogens with two attached hydrogens (primary N) is 1. The Bertz CT molecular complexity index is 457. The highest BCUT2D eigenvalue weighted by atomic mass is 14.5. The van der Waals surface area contributed by atoms with Crippen LogP contribution in [-0.2, 0) is 12.8 Å². The molecule has 0 saturated heterocycles. The summed E-state index contributed by atoms with van der Waals surface area (Å²) in [5.74, 6) is 0. The van der Waals surface area contributed by atoms with Crippen molar-refractivity contribution in [1.82, 2.24) is 0 Å². The molecule has 82 valence electrons. The van der Waals surface area contributed by atoms with E-state index in [1.165, 1.54) is 16.7 Å². The van der Waals surface area contributed by atoms with Crippen LogP contribution in [0.1, 0.15) is 23.6 Å². The maximum absolute atomic E-state index is 5.76. The summed E-state index contributed by atoms with van der Waals surface area (Å²) in [6.07, 6.45) is 2.05. The lowest BCUT2D eigenvalue weighted by molar-refractivity contribution is 1.12. The highest BCUT2D eigenvalue weighted by Gasteiger charge is 1.97. The van der Waals surface area contributed by atoms with E-state index in [2.05, 4.69) is 37.3 Å². The summed E-state index contributed by atoms with van der Waals surface area (Å²) in [6.45, 7) is 2.17. The van der Waals surface area contributed by atoms with Gasteiger partial charge in [0.05, 0.1) is 0 Å². The van der Waals surface area contributed by atoms with Gasteiger partial charge in [0.15, 0.2) is 0 Å². The summed E-state index contributed by atoms with van der Waals surface area (Å²) in [5, 5.41) is 0. The molecule has 0 radical (unpaired) electrons. The molecule has 2 aromatic rings. The molecule has 1 heteroatoms. The Labute approximate surface area is 96.9 Å². The summed E-state index contributed by atoms with van der Waals surface area (Å²) in [4.78, 5) is 0. The number of hydrogen-bond donors (Lipinski definition) is 1. The van der Waals surface area contributed by atoms with Crippen LogP contribution in [0.2, 0.25) is 0 Å². The Kier molecular flexibility index (Phi) is 3.25. The minimum Gasteiger partial charge on any atom is -0.399 e. The van der Waals surface area contributed by atoms with Crippen molar-refractivity contribution in [2.45, 2.75) is 19.8 Å². The Morgan fingerprint density at radius 1 is 0.875 bits per heavy atom. The average Bonchev–Trinajstić information content (AvgIpc) is 2.30. The molecule has 0 aliphatic rings. The van der Waals surface area contributed by atoms with Crippen LogP contribution in [0.4, 0.5) is 5.69 Å². The van der Waals surface area contributed by atoms with Crippen molar-refractivity contribution >= 4 is 5.69 Å². The van der Waals surface area contributed by atoms with Gasteiger partial charge in [0.2, 0.25) is 0 Å². The second-order valence-electron chi connectivity index (χ2n) is 4.09. The largest absolute Gasteiger partial charge is 0.399 e. The Morgan fingerprint density at radius 2 is 1.56 bits per heavy atom. The summed E-state index contributed by atoms with van der Waals surface area (Å²) in [5.41, 5.74) is 10.6. The van der Waals surface area contributed by atoms with Crippen molar-refractivity contribution in [2.75, 3.05) is 5.73 Å². The molecular weight excluding hydrogens is 194 g/mol. The minimum atomic E-state index is 0.836. The van der Waals surface area contributed by atoms with Crippen LogP contribution in [0.3, 0.4) is 0 Å². The van der Waals surface area contributed by atoms with Gasteiger partial charge in [0, 0.05) is 5.69 Å². The smallest absolute Gasteiger partial charge is 0.0316 e. The van der Waals surface area contributed by atoms with E-state index in [0.717, 1.165) is 18.5 Å². The van der Waals surface area contributed by atoms with E-state index < -0.39 is 0 Å². The molecule has 0 aliphatic carbocycles. The number of hydrogen-bond acceptors (Lipinski definition) is 1. The molecule has 2 N–H and O–H groups in total. The molecule has 16 heavy (non-hydrogen) atoms. The Morgan fingerprint density at radius 3 is 2.19 bits per heavy atom. The Balaban J connectivity index is 2.14. The number of rotatable bonds is 3. The SMILES string of the molecule is CCc1ccc(Cc2cccc(N)c2)cc1. The zero-order chi connectivity index (χ0) is 11.4. The van der Waals surface area contributed by atoms with Gasteiger partial charge in [0.25, 0.3) is 0 Å².